The quantitative estimate of drug-likeness (QED) is 0.936. The minimum atomic E-state index is -0.0605. The van der Waals surface area contributed by atoms with E-state index in [1.807, 2.05) is 30.3 Å². The Morgan fingerprint density at radius 1 is 1.26 bits per heavy atom. The second-order valence-corrected chi connectivity index (χ2v) is 5.69. The van der Waals surface area contributed by atoms with Gasteiger partial charge in [-0.25, -0.2) is 0 Å². The first-order valence-corrected chi connectivity index (χ1v) is 7.92. The molecular formula is C17H18ClN3O2. The summed E-state index contributed by atoms with van der Waals surface area (Å²) in [6.07, 6.45) is 1.64. The van der Waals surface area contributed by atoms with Gasteiger partial charge in [0.1, 0.15) is 5.69 Å². The van der Waals surface area contributed by atoms with E-state index < -0.39 is 0 Å². The first-order valence-electron chi connectivity index (χ1n) is 7.54. The van der Waals surface area contributed by atoms with Gasteiger partial charge in [-0.1, -0.05) is 29.8 Å². The molecule has 1 saturated heterocycles. The summed E-state index contributed by atoms with van der Waals surface area (Å²) in [6.45, 7) is 2.97. The largest absolute Gasteiger partial charge is 0.381 e. The lowest BCUT2D eigenvalue weighted by Gasteiger charge is -2.26. The van der Waals surface area contributed by atoms with Gasteiger partial charge in [0.05, 0.1) is 13.2 Å². The number of carbonyl (C=O) groups excluding carboxylic acids is 1. The summed E-state index contributed by atoms with van der Waals surface area (Å²) in [6, 6.07) is 11.3. The average molecular weight is 332 g/mol. The van der Waals surface area contributed by atoms with Crippen molar-refractivity contribution >= 4 is 23.2 Å². The molecule has 6 heteroatoms. The number of nitrogens with zero attached hydrogens (tertiary/aromatic N) is 2. The molecule has 0 aliphatic carbocycles. The maximum absolute atomic E-state index is 12.4. The van der Waals surface area contributed by atoms with Crippen molar-refractivity contribution in [3.63, 3.8) is 0 Å². The Balaban J connectivity index is 1.67. The van der Waals surface area contributed by atoms with Crippen LogP contribution in [0.5, 0.6) is 0 Å². The minimum Gasteiger partial charge on any atom is -0.381 e. The van der Waals surface area contributed by atoms with E-state index in [-0.39, 0.29) is 5.91 Å². The van der Waals surface area contributed by atoms with Crippen molar-refractivity contribution in [2.45, 2.75) is 6.54 Å². The lowest BCUT2D eigenvalue weighted by Crippen LogP contribution is -2.41. The fourth-order valence-electron chi connectivity index (χ4n) is 2.42. The van der Waals surface area contributed by atoms with Gasteiger partial charge in [0.2, 0.25) is 0 Å². The number of ether oxygens (including phenoxy) is 1. The van der Waals surface area contributed by atoms with Crippen molar-refractivity contribution in [3.05, 3.63) is 58.9 Å². The molecule has 2 aromatic rings. The fourth-order valence-corrected chi connectivity index (χ4v) is 2.63. The number of halogens is 1. The fraction of sp³-hybridized carbons (Fsp3) is 0.294. The summed E-state index contributed by atoms with van der Waals surface area (Å²) < 4.78 is 5.27. The summed E-state index contributed by atoms with van der Waals surface area (Å²) in [5.74, 6) is -0.0605. The second-order valence-electron chi connectivity index (χ2n) is 5.28. The van der Waals surface area contributed by atoms with Crippen molar-refractivity contribution in [2.24, 2.45) is 0 Å². The van der Waals surface area contributed by atoms with Crippen LogP contribution in [0.25, 0.3) is 0 Å². The van der Waals surface area contributed by atoms with Crippen LogP contribution in [0.1, 0.15) is 16.1 Å². The van der Waals surface area contributed by atoms with E-state index >= 15 is 0 Å². The predicted molar refractivity (Wildman–Crippen MR) is 89.7 cm³/mol. The topological polar surface area (TPSA) is 54.5 Å². The van der Waals surface area contributed by atoms with E-state index in [1.165, 1.54) is 0 Å². The minimum absolute atomic E-state index is 0.0605. The van der Waals surface area contributed by atoms with Crippen molar-refractivity contribution in [1.29, 1.82) is 0 Å². The number of aromatic nitrogens is 1. The Morgan fingerprint density at radius 2 is 2.04 bits per heavy atom. The van der Waals surface area contributed by atoms with Gasteiger partial charge < -0.3 is 15.0 Å². The van der Waals surface area contributed by atoms with Gasteiger partial charge >= 0.3 is 0 Å². The highest BCUT2D eigenvalue weighted by atomic mass is 35.5. The van der Waals surface area contributed by atoms with Crippen LogP contribution in [0.2, 0.25) is 5.02 Å². The van der Waals surface area contributed by atoms with Crippen molar-refractivity contribution < 1.29 is 9.53 Å². The zero-order valence-corrected chi connectivity index (χ0v) is 13.4. The molecule has 120 valence electrons. The smallest absolute Gasteiger partial charge is 0.272 e. The lowest BCUT2D eigenvalue weighted by molar-refractivity contribution is 0.0299. The predicted octanol–water partition coefficient (Wildman–Crippen LogP) is 2.82. The third kappa shape index (κ3) is 4.00. The number of hydrogen-bond donors (Lipinski definition) is 1. The molecule has 0 atom stereocenters. The highest BCUT2D eigenvalue weighted by molar-refractivity contribution is 6.31. The first-order chi connectivity index (χ1) is 11.2. The summed E-state index contributed by atoms with van der Waals surface area (Å²) in [7, 11) is 0. The first kappa shape index (κ1) is 15.8. The SMILES string of the molecule is O=C(c1cc(NCc2ccccc2Cl)ccn1)N1CCOCC1. The van der Waals surface area contributed by atoms with Crippen molar-refractivity contribution in [1.82, 2.24) is 9.88 Å². The number of amides is 1. The molecule has 1 aromatic carbocycles. The van der Waals surface area contributed by atoms with Gasteiger partial charge in [-0.3, -0.25) is 9.78 Å². The zero-order chi connectivity index (χ0) is 16.1. The summed E-state index contributed by atoms with van der Waals surface area (Å²) in [5, 5.41) is 4.00. The van der Waals surface area contributed by atoms with Crippen LogP contribution in [0, 0.1) is 0 Å². The lowest BCUT2D eigenvalue weighted by atomic mass is 10.2. The molecule has 1 aliphatic heterocycles. The summed E-state index contributed by atoms with van der Waals surface area (Å²) in [4.78, 5) is 18.4. The number of rotatable bonds is 4. The van der Waals surface area contributed by atoms with Crippen LogP contribution in [-0.2, 0) is 11.3 Å². The summed E-state index contributed by atoms with van der Waals surface area (Å²) in [5.41, 5.74) is 2.29. The van der Waals surface area contributed by atoms with Gasteiger partial charge in [0.25, 0.3) is 5.91 Å². The van der Waals surface area contributed by atoms with E-state index in [9.17, 15) is 4.79 Å². The summed E-state index contributed by atoms with van der Waals surface area (Å²) >= 11 is 6.15. The number of hydrogen-bond acceptors (Lipinski definition) is 4. The molecule has 0 radical (unpaired) electrons. The van der Waals surface area contributed by atoms with Crippen LogP contribution in [0.4, 0.5) is 5.69 Å². The molecule has 1 aliphatic rings. The Labute approximate surface area is 140 Å². The molecule has 0 unspecified atom stereocenters. The maximum atomic E-state index is 12.4. The number of benzene rings is 1. The molecule has 2 heterocycles. The van der Waals surface area contributed by atoms with Crippen LogP contribution in [0.15, 0.2) is 42.6 Å². The standard InChI is InChI=1S/C17H18ClN3O2/c18-15-4-2-1-3-13(15)12-20-14-5-6-19-16(11-14)17(22)21-7-9-23-10-8-21/h1-6,11H,7-10,12H2,(H,19,20). The van der Waals surface area contributed by atoms with Gasteiger partial charge in [-0.05, 0) is 23.8 Å². The molecule has 23 heavy (non-hydrogen) atoms. The molecular weight excluding hydrogens is 314 g/mol. The van der Waals surface area contributed by atoms with E-state index in [2.05, 4.69) is 10.3 Å². The number of morpholine rings is 1. The van der Waals surface area contributed by atoms with Gasteiger partial charge in [0, 0.05) is 36.5 Å². The van der Waals surface area contributed by atoms with Crippen LogP contribution in [0.3, 0.4) is 0 Å². The number of anilines is 1. The molecule has 0 saturated carbocycles. The zero-order valence-electron chi connectivity index (χ0n) is 12.7. The maximum Gasteiger partial charge on any atom is 0.272 e. The molecule has 0 spiro atoms. The van der Waals surface area contributed by atoms with Crippen LogP contribution < -0.4 is 5.32 Å². The molecule has 0 bridgehead atoms. The highest BCUT2D eigenvalue weighted by Gasteiger charge is 2.19. The molecule has 1 amide bonds. The molecule has 1 fully saturated rings. The number of nitrogens with one attached hydrogen (secondary N) is 1. The average Bonchev–Trinajstić information content (AvgIpc) is 2.61. The Bertz CT molecular complexity index is 687. The highest BCUT2D eigenvalue weighted by Crippen LogP contribution is 2.17. The van der Waals surface area contributed by atoms with E-state index in [0.717, 1.165) is 16.3 Å². The monoisotopic (exact) mass is 331 g/mol. The third-order valence-electron chi connectivity index (χ3n) is 3.72. The second kappa shape index (κ2) is 7.44. The van der Waals surface area contributed by atoms with Gasteiger partial charge in [-0.2, -0.15) is 0 Å². The Morgan fingerprint density at radius 3 is 2.83 bits per heavy atom. The van der Waals surface area contributed by atoms with Crippen LogP contribution >= 0.6 is 11.6 Å². The molecule has 5 nitrogen and oxygen atoms in total. The molecule has 1 aromatic heterocycles. The van der Waals surface area contributed by atoms with Gasteiger partial charge in [-0.15, -0.1) is 0 Å². The molecule has 1 N–H and O–H groups in total. The van der Waals surface area contributed by atoms with E-state index in [1.54, 1.807) is 17.2 Å². The third-order valence-corrected chi connectivity index (χ3v) is 4.09. The molecule has 3 rings (SSSR count). The van der Waals surface area contributed by atoms with Crippen molar-refractivity contribution in [3.8, 4) is 0 Å². The Kier molecular flexibility index (Phi) is 5.10. The van der Waals surface area contributed by atoms with E-state index in [0.29, 0.717) is 38.5 Å². The van der Waals surface area contributed by atoms with E-state index in [4.69, 9.17) is 16.3 Å². The van der Waals surface area contributed by atoms with Crippen molar-refractivity contribution in [2.75, 3.05) is 31.6 Å². The number of carbonyl (C=O) groups is 1. The number of pyridine rings is 1. The van der Waals surface area contributed by atoms with Gasteiger partial charge in [0.15, 0.2) is 0 Å². The van der Waals surface area contributed by atoms with Crippen LogP contribution in [-0.4, -0.2) is 42.1 Å². The Hall–Kier alpha value is -2.11. The normalized spacial score (nSPS) is 14.6.